The van der Waals surface area contributed by atoms with Crippen LogP contribution in [-0.2, 0) is 18.5 Å². The number of halogens is 4. The molecule has 0 aromatic carbocycles. The molecule has 0 atom stereocenters. The molecule has 78 valence electrons. The highest BCUT2D eigenvalue weighted by Gasteiger charge is 2.35. The molecular weight excluding hydrogens is 217 g/mol. The van der Waals surface area contributed by atoms with E-state index in [9.17, 15) is 13.2 Å². The molecule has 0 bridgehead atoms. The summed E-state index contributed by atoms with van der Waals surface area (Å²) in [6.45, 7) is 1.69. The van der Waals surface area contributed by atoms with Gasteiger partial charge < -0.3 is 0 Å². The topological polar surface area (TPSA) is 25.8 Å². The summed E-state index contributed by atoms with van der Waals surface area (Å²) in [6.07, 6.45) is -2.97. The zero-order valence-electron chi connectivity index (χ0n) is 7.40. The summed E-state index contributed by atoms with van der Waals surface area (Å²) in [6, 6.07) is 0. The third-order valence-electron chi connectivity index (χ3n) is 1.64. The van der Waals surface area contributed by atoms with Crippen molar-refractivity contribution >= 4 is 11.6 Å². The SMILES string of the molecule is CCc1ncc(CCl)c(C(F)(F)F)n1. The normalized spacial score (nSPS) is 11.8. The molecule has 14 heavy (non-hydrogen) atoms. The first-order valence-corrected chi connectivity index (χ1v) is 4.50. The number of alkyl halides is 4. The summed E-state index contributed by atoms with van der Waals surface area (Å²) < 4.78 is 37.2. The maximum Gasteiger partial charge on any atom is 0.433 e. The number of aryl methyl sites for hydroxylation is 1. The van der Waals surface area contributed by atoms with Crippen molar-refractivity contribution in [2.75, 3.05) is 0 Å². The van der Waals surface area contributed by atoms with E-state index >= 15 is 0 Å². The Morgan fingerprint density at radius 1 is 1.43 bits per heavy atom. The van der Waals surface area contributed by atoms with Crippen molar-refractivity contribution in [1.82, 2.24) is 9.97 Å². The molecule has 2 nitrogen and oxygen atoms in total. The van der Waals surface area contributed by atoms with Crippen LogP contribution in [0.4, 0.5) is 13.2 Å². The molecule has 1 aromatic rings. The monoisotopic (exact) mass is 224 g/mol. The molecule has 0 fully saturated rings. The van der Waals surface area contributed by atoms with Crippen LogP contribution in [0.3, 0.4) is 0 Å². The van der Waals surface area contributed by atoms with Crippen molar-refractivity contribution in [3.8, 4) is 0 Å². The zero-order valence-corrected chi connectivity index (χ0v) is 8.15. The van der Waals surface area contributed by atoms with E-state index in [2.05, 4.69) is 9.97 Å². The average molecular weight is 225 g/mol. The number of nitrogens with zero attached hydrogens (tertiary/aromatic N) is 2. The summed E-state index contributed by atoms with van der Waals surface area (Å²) in [5.74, 6) is -0.0649. The third-order valence-corrected chi connectivity index (χ3v) is 1.93. The van der Waals surface area contributed by atoms with Crippen LogP contribution in [0.2, 0.25) is 0 Å². The van der Waals surface area contributed by atoms with E-state index in [-0.39, 0.29) is 17.3 Å². The minimum Gasteiger partial charge on any atom is -0.241 e. The van der Waals surface area contributed by atoms with Gasteiger partial charge in [-0.25, -0.2) is 9.97 Å². The Labute approximate surface area is 84.1 Å². The van der Waals surface area contributed by atoms with Crippen molar-refractivity contribution in [3.05, 3.63) is 23.3 Å². The Morgan fingerprint density at radius 3 is 2.50 bits per heavy atom. The van der Waals surface area contributed by atoms with Gasteiger partial charge in [0.1, 0.15) is 5.82 Å². The molecule has 1 heterocycles. The molecule has 1 aromatic heterocycles. The number of hydrogen-bond donors (Lipinski definition) is 0. The van der Waals surface area contributed by atoms with Crippen LogP contribution >= 0.6 is 11.6 Å². The highest BCUT2D eigenvalue weighted by Crippen LogP contribution is 2.30. The zero-order chi connectivity index (χ0) is 10.8. The van der Waals surface area contributed by atoms with Gasteiger partial charge in [0.05, 0.1) is 5.88 Å². The molecule has 6 heteroatoms. The molecule has 0 amide bonds. The lowest BCUT2D eigenvalue weighted by atomic mass is 10.2. The maximum absolute atomic E-state index is 12.4. The van der Waals surface area contributed by atoms with Gasteiger partial charge in [0, 0.05) is 18.2 Å². The molecular formula is C8H8ClF3N2. The van der Waals surface area contributed by atoms with Crippen molar-refractivity contribution in [3.63, 3.8) is 0 Å². The molecule has 0 spiro atoms. The number of hydrogen-bond acceptors (Lipinski definition) is 2. The van der Waals surface area contributed by atoms with E-state index in [0.717, 1.165) is 6.20 Å². The predicted molar refractivity (Wildman–Crippen MR) is 46.0 cm³/mol. The number of aromatic nitrogens is 2. The highest BCUT2D eigenvalue weighted by molar-refractivity contribution is 6.17. The van der Waals surface area contributed by atoms with Gasteiger partial charge in [-0.05, 0) is 0 Å². The second-order valence-corrected chi connectivity index (χ2v) is 2.91. The van der Waals surface area contributed by atoms with Crippen molar-refractivity contribution < 1.29 is 13.2 Å². The Balaban J connectivity index is 3.22. The van der Waals surface area contributed by atoms with E-state index in [0.29, 0.717) is 6.42 Å². The van der Waals surface area contributed by atoms with Crippen LogP contribution in [0.15, 0.2) is 6.20 Å². The van der Waals surface area contributed by atoms with Gasteiger partial charge >= 0.3 is 6.18 Å². The van der Waals surface area contributed by atoms with Crippen LogP contribution in [0.25, 0.3) is 0 Å². The molecule has 0 radical (unpaired) electrons. The lowest BCUT2D eigenvalue weighted by Gasteiger charge is -2.10. The molecule has 0 saturated heterocycles. The van der Waals surface area contributed by atoms with Gasteiger partial charge in [-0.2, -0.15) is 13.2 Å². The summed E-state index contributed by atoms with van der Waals surface area (Å²) in [4.78, 5) is 7.16. The molecule has 0 aliphatic heterocycles. The minimum absolute atomic E-state index is 0.0867. The second-order valence-electron chi connectivity index (χ2n) is 2.65. The number of rotatable bonds is 2. The highest BCUT2D eigenvalue weighted by atomic mass is 35.5. The third kappa shape index (κ3) is 2.35. The van der Waals surface area contributed by atoms with Crippen LogP contribution in [0, 0.1) is 0 Å². The van der Waals surface area contributed by atoms with Gasteiger partial charge in [0.25, 0.3) is 0 Å². The van der Waals surface area contributed by atoms with Crippen LogP contribution in [0.5, 0.6) is 0 Å². The van der Waals surface area contributed by atoms with E-state index in [4.69, 9.17) is 11.6 Å². The fourth-order valence-corrected chi connectivity index (χ4v) is 1.15. The first-order chi connectivity index (χ1) is 6.49. The van der Waals surface area contributed by atoms with Crippen LogP contribution in [-0.4, -0.2) is 9.97 Å². The van der Waals surface area contributed by atoms with Gasteiger partial charge in [-0.15, -0.1) is 11.6 Å². The maximum atomic E-state index is 12.4. The van der Waals surface area contributed by atoms with E-state index < -0.39 is 11.9 Å². The standard InChI is InChI=1S/C8H8ClF3N2/c1-2-6-13-4-5(3-9)7(14-6)8(10,11)12/h4H,2-3H2,1H3. The fourth-order valence-electron chi connectivity index (χ4n) is 0.957. The largest absolute Gasteiger partial charge is 0.433 e. The van der Waals surface area contributed by atoms with Gasteiger partial charge in [-0.1, -0.05) is 6.92 Å². The molecule has 1 rings (SSSR count). The van der Waals surface area contributed by atoms with E-state index in [1.165, 1.54) is 0 Å². The van der Waals surface area contributed by atoms with Crippen molar-refractivity contribution in [1.29, 1.82) is 0 Å². The molecule has 0 aliphatic rings. The fraction of sp³-hybridized carbons (Fsp3) is 0.500. The van der Waals surface area contributed by atoms with Gasteiger partial charge in [-0.3, -0.25) is 0 Å². The molecule has 0 unspecified atom stereocenters. The Hall–Kier alpha value is -0.840. The first kappa shape index (κ1) is 11.2. The molecule has 0 aliphatic carbocycles. The predicted octanol–water partition coefficient (Wildman–Crippen LogP) is 2.80. The Bertz CT molecular complexity index is 325. The summed E-state index contributed by atoms with van der Waals surface area (Å²) >= 11 is 5.35. The minimum atomic E-state index is -4.46. The van der Waals surface area contributed by atoms with Crippen molar-refractivity contribution in [2.45, 2.75) is 25.4 Å². The van der Waals surface area contributed by atoms with Crippen LogP contribution < -0.4 is 0 Å². The van der Waals surface area contributed by atoms with Gasteiger partial charge in [0.15, 0.2) is 5.69 Å². The smallest absolute Gasteiger partial charge is 0.241 e. The van der Waals surface area contributed by atoms with Crippen molar-refractivity contribution in [2.24, 2.45) is 0 Å². The summed E-state index contributed by atoms with van der Waals surface area (Å²) in [5.41, 5.74) is -1.02. The van der Waals surface area contributed by atoms with Crippen LogP contribution in [0.1, 0.15) is 24.0 Å². The van der Waals surface area contributed by atoms with E-state index in [1.807, 2.05) is 0 Å². The lowest BCUT2D eigenvalue weighted by molar-refractivity contribution is -0.141. The Kier molecular flexibility index (Phi) is 3.31. The average Bonchev–Trinajstić information content (AvgIpc) is 2.15. The molecule has 0 saturated carbocycles. The lowest BCUT2D eigenvalue weighted by Crippen LogP contribution is -2.13. The van der Waals surface area contributed by atoms with Gasteiger partial charge in [0.2, 0.25) is 0 Å². The quantitative estimate of drug-likeness (QED) is 0.722. The second kappa shape index (κ2) is 4.13. The first-order valence-electron chi connectivity index (χ1n) is 3.97. The Morgan fingerprint density at radius 2 is 2.07 bits per heavy atom. The van der Waals surface area contributed by atoms with E-state index in [1.54, 1.807) is 6.92 Å². The molecule has 0 N–H and O–H groups in total. The summed E-state index contributed by atoms with van der Waals surface area (Å²) in [5, 5.41) is 0. The summed E-state index contributed by atoms with van der Waals surface area (Å²) in [7, 11) is 0.